The van der Waals surface area contributed by atoms with E-state index in [4.69, 9.17) is 0 Å². The van der Waals surface area contributed by atoms with E-state index in [9.17, 15) is 9.90 Å². The number of aliphatic carboxylic acids is 1. The zero-order valence-electron chi connectivity index (χ0n) is 9.84. The van der Waals surface area contributed by atoms with Crippen LogP contribution in [0.1, 0.15) is 64.7 Å². The lowest BCUT2D eigenvalue weighted by Gasteiger charge is -2.28. The summed E-state index contributed by atoms with van der Waals surface area (Å²) in [6, 6.07) is 0. The van der Waals surface area contributed by atoms with Crippen LogP contribution in [0.2, 0.25) is 0 Å². The Morgan fingerprint density at radius 1 is 1.13 bits per heavy atom. The molecule has 0 aromatic carbocycles. The third-order valence-electron chi connectivity index (χ3n) is 3.64. The summed E-state index contributed by atoms with van der Waals surface area (Å²) in [5.74, 6) is 0.399. The molecule has 0 bridgehead atoms. The predicted molar refractivity (Wildman–Crippen MR) is 59.2 cm³/mol. The van der Waals surface area contributed by atoms with Crippen LogP contribution in [0, 0.1) is 11.8 Å². The van der Waals surface area contributed by atoms with Gasteiger partial charge in [-0.25, -0.2) is 0 Å². The maximum Gasteiger partial charge on any atom is 0.0417 e. The quantitative estimate of drug-likeness (QED) is 0.633. The van der Waals surface area contributed by atoms with Crippen molar-refractivity contribution >= 4 is 5.97 Å². The third-order valence-corrected chi connectivity index (χ3v) is 3.64. The van der Waals surface area contributed by atoms with Crippen molar-refractivity contribution < 1.29 is 9.90 Å². The Labute approximate surface area is 93.1 Å². The lowest BCUT2D eigenvalue weighted by molar-refractivity contribution is -0.307. The molecule has 1 rings (SSSR count). The molecule has 1 aliphatic carbocycles. The average Bonchev–Trinajstić information content (AvgIpc) is 2.20. The van der Waals surface area contributed by atoms with Gasteiger partial charge in [0.2, 0.25) is 0 Å². The van der Waals surface area contributed by atoms with Crippen LogP contribution < -0.4 is 5.11 Å². The maximum absolute atomic E-state index is 10.4. The second kappa shape index (κ2) is 6.86. The van der Waals surface area contributed by atoms with Gasteiger partial charge < -0.3 is 9.90 Å². The van der Waals surface area contributed by atoms with Gasteiger partial charge in [0.05, 0.1) is 0 Å². The highest BCUT2D eigenvalue weighted by atomic mass is 16.4. The molecule has 0 unspecified atom stereocenters. The molecule has 2 nitrogen and oxygen atoms in total. The molecule has 0 aromatic heterocycles. The Morgan fingerprint density at radius 3 is 2.27 bits per heavy atom. The fraction of sp³-hybridized carbons (Fsp3) is 0.923. The molecular formula is C13H23O2-. The van der Waals surface area contributed by atoms with Gasteiger partial charge in [-0.05, 0) is 31.1 Å². The van der Waals surface area contributed by atoms with Crippen LogP contribution in [0.5, 0.6) is 0 Å². The highest BCUT2D eigenvalue weighted by Gasteiger charge is 2.20. The third kappa shape index (κ3) is 5.19. The van der Waals surface area contributed by atoms with Crippen LogP contribution in [0.3, 0.4) is 0 Å². The van der Waals surface area contributed by atoms with Crippen molar-refractivity contribution in [3.8, 4) is 0 Å². The zero-order valence-corrected chi connectivity index (χ0v) is 9.84. The Balaban J connectivity index is 2.10. The molecule has 0 spiro atoms. The highest BCUT2D eigenvalue weighted by molar-refractivity contribution is 5.64. The van der Waals surface area contributed by atoms with Gasteiger partial charge in [0.15, 0.2) is 0 Å². The van der Waals surface area contributed by atoms with Gasteiger partial charge in [0.1, 0.15) is 0 Å². The fourth-order valence-electron chi connectivity index (χ4n) is 2.64. The molecule has 0 amide bonds. The number of carbonyl (C=O) groups excluding carboxylic acids is 1. The van der Waals surface area contributed by atoms with Crippen molar-refractivity contribution in [1.29, 1.82) is 0 Å². The lowest BCUT2D eigenvalue weighted by atomic mass is 9.78. The van der Waals surface area contributed by atoms with E-state index in [0.717, 1.165) is 18.8 Å². The van der Waals surface area contributed by atoms with Gasteiger partial charge in [0.25, 0.3) is 0 Å². The molecule has 15 heavy (non-hydrogen) atoms. The van der Waals surface area contributed by atoms with E-state index in [2.05, 4.69) is 6.92 Å². The Morgan fingerprint density at radius 2 is 1.73 bits per heavy atom. The molecule has 1 saturated carbocycles. The normalized spacial score (nSPS) is 26.5. The van der Waals surface area contributed by atoms with Gasteiger partial charge >= 0.3 is 0 Å². The Hall–Kier alpha value is -0.530. The molecule has 0 N–H and O–H groups in total. The van der Waals surface area contributed by atoms with E-state index < -0.39 is 5.97 Å². The number of hydrogen-bond acceptors (Lipinski definition) is 2. The van der Waals surface area contributed by atoms with Crippen molar-refractivity contribution in [3.05, 3.63) is 0 Å². The molecule has 2 heteroatoms. The SMILES string of the molecule is CCCCCC1CCC(CC(=O)[O-])CC1. The number of carbonyl (C=O) groups is 1. The Bertz CT molecular complexity index is 181. The van der Waals surface area contributed by atoms with Gasteiger partial charge in [-0.2, -0.15) is 0 Å². The molecule has 0 aromatic rings. The van der Waals surface area contributed by atoms with Gasteiger partial charge in [-0.15, -0.1) is 0 Å². The van der Waals surface area contributed by atoms with Crippen molar-refractivity contribution in [2.45, 2.75) is 64.7 Å². The fourth-order valence-corrected chi connectivity index (χ4v) is 2.64. The van der Waals surface area contributed by atoms with Crippen LogP contribution >= 0.6 is 0 Å². The largest absolute Gasteiger partial charge is 0.550 e. The minimum absolute atomic E-state index is 0.279. The van der Waals surface area contributed by atoms with E-state index in [1.54, 1.807) is 0 Å². The highest BCUT2D eigenvalue weighted by Crippen LogP contribution is 2.33. The Kier molecular flexibility index (Phi) is 5.74. The molecule has 0 saturated heterocycles. The van der Waals surface area contributed by atoms with E-state index >= 15 is 0 Å². The molecule has 0 heterocycles. The summed E-state index contributed by atoms with van der Waals surface area (Å²) in [7, 11) is 0. The predicted octanol–water partition coefficient (Wildman–Crippen LogP) is 2.51. The molecule has 0 aliphatic heterocycles. The summed E-state index contributed by atoms with van der Waals surface area (Å²) < 4.78 is 0. The summed E-state index contributed by atoms with van der Waals surface area (Å²) in [5, 5.41) is 10.4. The van der Waals surface area contributed by atoms with E-state index in [-0.39, 0.29) is 6.42 Å². The molecule has 1 fully saturated rings. The molecule has 1 aliphatic rings. The standard InChI is InChI=1S/C13H24O2/c1-2-3-4-5-11-6-8-12(9-7-11)10-13(14)15/h11-12H,2-10H2,1H3,(H,14,15)/p-1. The average molecular weight is 211 g/mol. The van der Waals surface area contributed by atoms with Gasteiger partial charge in [-0.1, -0.05) is 45.4 Å². The topological polar surface area (TPSA) is 40.1 Å². The van der Waals surface area contributed by atoms with Crippen LogP contribution in [-0.4, -0.2) is 5.97 Å². The van der Waals surface area contributed by atoms with Crippen molar-refractivity contribution in [3.63, 3.8) is 0 Å². The van der Waals surface area contributed by atoms with Crippen LogP contribution in [0.15, 0.2) is 0 Å². The first-order chi connectivity index (χ1) is 7.22. The second-order valence-corrected chi connectivity index (χ2v) is 4.96. The number of carboxylic acid groups (broad SMARTS) is 1. The molecule has 0 atom stereocenters. The number of hydrogen-bond donors (Lipinski definition) is 0. The van der Waals surface area contributed by atoms with Crippen LogP contribution in [0.25, 0.3) is 0 Å². The first-order valence-electron chi connectivity index (χ1n) is 6.42. The summed E-state index contributed by atoms with van der Waals surface area (Å²) in [5.41, 5.74) is 0. The van der Waals surface area contributed by atoms with Crippen LogP contribution in [-0.2, 0) is 4.79 Å². The summed E-state index contributed by atoms with van der Waals surface area (Å²) >= 11 is 0. The minimum atomic E-state index is -0.871. The smallest absolute Gasteiger partial charge is 0.0417 e. The van der Waals surface area contributed by atoms with Crippen molar-refractivity contribution in [2.75, 3.05) is 0 Å². The molecule has 0 radical (unpaired) electrons. The van der Waals surface area contributed by atoms with Crippen molar-refractivity contribution in [1.82, 2.24) is 0 Å². The lowest BCUT2D eigenvalue weighted by Crippen LogP contribution is -2.27. The zero-order chi connectivity index (χ0) is 11.1. The number of unbranched alkanes of at least 4 members (excludes halogenated alkanes) is 2. The van der Waals surface area contributed by atoms with Gasteiger partial charge in [0, 0.05) is 5.97 Å². The number of rotatable bonds is 6. The maximum atomic E-state index is 10.4. The summed E-state index contributed by atoms with van der Waals surface area (Å²) in [4.78, 5) is 10.4. The number of carboxylic acids is 1. The first kappa shape index (κ1) is 12.5. The van der Waals surface area contributed by atoms with E-state index in [0.29, 0.717) is 5.92 Å². The molecule has 88 valence electrons. The second-order valence-electron chi connectivity index (χ2n) is 4.96. The molecular weight excluding hydrogens is 188 g/mol. The monoisotopic (exact) mass is 211 g/mol. The van der Waals surface area contributed by atoms with E-state index in [1.807, 2.05) is 0 Å². The minimum Gasteiger partial charge on any atom is -0.550 e. The summed E-state index contributed by atoms with van der Waals surface area (Å²) in [6.45, 7) is 2.23. The summed E-state index contributed by atoms with van der Waals surface area (Å²) in [6.07, 6.45) is 10.3. The van der Waals surface area contributed by atoms with E-state index in [1.165, 1.54) is 38.5 Å². The van der Waals surface area contributed by atoms with Crippen LogP contribution in [0.4, 0.5) is 0 Å². The first-order valence-corrected chi connectivity index (χ1v) is 6.42. The van der Waals surface area contributed by atoms with Gasteiger partial charge in [-0.3, -0.25) is 0 Å². The van der Waals surface area contributed by atoms with Crippen molar-refractivity contribution in [2.24, 2.45) is 11.8 Å².